The first kappa shape index (κ1) is 14.6. The molecule has 5 heteroatoms. The molecule has 1 unspecified atom stereocenters. The molecule has 0 rings (SSSR count). The number of nitrogens with zero attached hydrogens (tertiary/aromatic N) is 1. The monoisotopic (exact) mass is 233 g/mol. The van der Waals surface area contributed by atoms with Crippen molar-refractivity contribution in [2.75, 3.05) is 6.54 Å². The van der Waals surface area contributed by atoms with Crippen LogP contribution in [-0.4, -0.2) is 25.9 Å². The van der Waals surface area contributed by atoms with Crippen LogP contribution in [0.15, 0.2) is 0 Å². The van der Waals surface area contributed by atoms with E-state index in [2.05, 4.69) is 33.9 Å². The van der Waals surface area contributed by atoms with Crippen LogP contribution in [-0.2, 0) is 4.43 Å². The lowest BCUT2D eigenvalue weighted by Gasteiger charge is -2.38. The molecule has 0 aromatic rings. The van der Waals surface area contributed by atoms with E-state index in [1.54, 1.807) is 0 Å². The van der Waals surface area contributed by atoms with Gasteiger partial charge in [-0.2, -0.15) is 0 Å². The highest BCUT2D eigenvalue weighted by atomic mass is 28.4. The van der Waals surface area contributed by atoms with Crippen LogP contribution in [0.4, 0.5) is 0 Å². The second-order valence-electron chi connectivity index (χ2n) is 5.42. The summed E-state index contributed by atoms with van der Waals surface area (Å²) in [5, 5.41) is 10.6. The first-order chi connectivity index (χ1) is 6.60. The Morgan fingerprint density at radius 1 is 1.40 bits per heavy atom. The molecule has 0 N–H and O–H groups in total. The normalized spacial score (nSPS) is 15.1. The highest BCUT2D eigenvalue weighted by molar-refractivity contribution is 6.74. The molecule has 0 bridgehead atoms. The molecule has 0 aromatic carbocycles. The fraction of sp³-hybridized carbons (Fsp3) is 1.00. The molecular formula is C10H23NO3Si. The summed E-state index contributed by atoms with van der Waals surface area (Å²) in [5.41, 5.74) is 0. The van der Waals surface area contributed by atoms with Crippen molar-refractivity contribution in [1.29, 1.82) is 0 Å². The van der Waals surface area contributed by atoms with Crippen molar-refractivity contribution >= 4 is 8.32 Å². The van der Waals surface area contributed by atoms with E-state index in [0.29, 0.717) is 6.42 Å². The summed E-state index contributed by atoms with van der Waals surface area (Å²) in [5.74, 6) is 0. The maximum Gasteiger partial charge on any atom is 0.228 e. The molecule has 0 aliphatic carbocycles. The van der Waals surface area contributed by atoms with E-state index in [0.717, 1.165) is 0 Å². The lowest BCUT2D eigenvalue weighted by atomic mass is 10.2. The Morgan fingerprint density at radius 3 is 2.13 bits per heavy atom. The summed E-state index contributed by atoms with van der Waals surface area (Å²) in [6, 6.07) is 0. The van der Waals surface area contributed by atoms with Crippen LogP contribution in [0.3, 0.4) is 0 Å². The molecule has 0 saturated carbocycles. The highest BCUT2D eigenvalue weighted by Crippen LogP contribution is 2.37. The van der Waals surface area contributed by atoms with Crippen LogP contribution in [0.1, 0.15) is 34.1 Å². The summed E-state index contributed by atoms with van der Waals surface area (Å²) >= 11 is 0. The quantitative estimate of drug-likeness (QED) is 0.416. The Kier molecular flexibility index (Phi) is 4.93. The van der Waals surface area contributed by atoms with Gasteiger partial charge in [0.2, 0.25) is 6.54 Å². The first-order valence-corrected chi connectivity index (χ1v) is 8.30. The van der Waals surface area contributed by atoms with E-state index in [9.17, 15) is 10.1 Å². The highest BCUT2D eigenvalue weighted by Gasteiger charge is 2.39. The third kappa shape index (κ3) is 4.75. The van der Waals surface area contributed by atoms with E-state index in [1.807, 2.05) is 6.92 Å². The fourth-order valence-electron chi connectivity index (χ4n) is 1.01. The van der Waals surface area contributed by atoms with Gasteiger partial charge in [-0.05, 0) is 24.6 Å². The minimum atomic E-state index is -1.86. The zero-order valence-corrected chi connectivity index (χ0v) is 11.7. The van der Waals surface area contributed by atoms with Crippen molar-refractivity contribution in [3.05, 3.63) is 10.1 Å². The standard InChI is InChI=1S/C10H23NO3Si/c1-7-9(8-11(12)13)14-15(5,6)10(2,3)4/h9H,7-8H2,1-6H3. The predicted molar refractivity (Wildman–Crippen MR) is 64.2 cm³/mol. The third-order valence-corrected chi connectivity index (χ3v) is 7.61. The third-order valence-electron chi connectivity index (χ3n) is 3.08. The summed E-state index contributed by atoms with van der Waals surface area (Å²) in [6.45, 7) is 12.5. The number of rotatable bonds is 5. The summed E-state index contributed by atoms with van der Waals surface area (Å²) in [6.07, 6.45) is 0.467. The molecule has 4 nitrogen and oxygen atoms in total. The molecule has 0 radical (unpaired) electrons. The predicted octanol–water partition coefficient (Wildman–Crippen LogP) is 3.06. The second kappa shape index (κ2) is 5.07. The molecule has 0 saturated heterocycles. The van der Waals surface area contributed by atoms with Gasteiger partial charge in [0.15, 0.2) is 8.32 Å². The number of hydrogen-bond donors (Lipinski definition) is 0. The van der Waals surface area contributed by atoms with Gasteiger partial charge in [0.1, 0.15) is 6.10 Å². The Balaban J connectivity index is 4.47. The van der Waals surface area contributed by atoms with Crippen LogP contribution in [0.2, 0.25) is 18.1 Å². The van der Waals surface area contributed by atoms with Gasteiger partial charge in [-0.15, -0.1) is 0 Å². The molecule has 15 heavy (non-hydrogen) atoms. The lowest BCUT2D eigenvalue weighted by molar-refractivity contribution is -0.489. The van der Waals surface area contributed by atoms with Gasteiger partial charge in [0.05, 0.1) is 0 Å². The molecule has 90 valence electrons. The Bertz CT molecular complexity index is 223. The first-order valence-electron chi connectivity index (χ1n) is 5.39. The number of nitro groups is 1. The zero-order valence-electron chi connectivity index (χ0n) is 10.7. The van der Waals surface area contributed by atoms with Crippen LogP contribution < -0.4 is 0 Å². The minimum Gasteiger partial charge on any atom is -0.407 e. The van der Waals surface area contributed by atoms with Gasteiger partial charge < -0.3 is 4.43 Å². The summed E-state index contributed by atoms with van der Waals surface area (Å²) in [4.78, 5) is 10.2. The average Bonchev–Trinajstić information content (AvgIpc) is 1.99. The van der Waals surface area contributed by atoms with Gasteiger partial charge in [-0.25, -0.2) is 0 Å². The molecule has 1 atom stereocenters. The smallest absolute Gasteiger partial charge is 0.228 e. The lowest BCUT2D eigenvalue weighted by Crippen LogP contribution is -2.45. The molecule has 0 aliphatic heterocycles. The summed E-state index contributed by atoms with van der Waals surface area (Å²) < 4.78 is 5.96. The van der Waals surface area contributed by atoms with E-state index in [4.69, 9.17) is 4.43 Å². The molecule has 0 aliphatic rings. The molecule has 0 fully saturated rings. The van der Waals surface area contributed by atoms with Crippen molar-refractivity contribution in [3.8, 4) is 0 Å². The second-order valence-corrected chi connectivity index (χ2v) is 10.2. The van der Waals surface area contributed by atoms with Crippen molar-refractivity contribution in [2.24, 2.45) is 0 Å². The van der Waals surface area contributed by atoms with Crippen LogP contribution in [0.5, 0.6) is 0 Å². The van der Waals surface area contributed by atoms with Gasteiger partial charge in [-0.3, -0.25) is 10.1 Å². The van der Waals surface area contributed by atoms with E-state index < -0.39 is 8.32 Å². The largest absolute Gasteiger partial charge is 0.407 e. The van der Waals surface area contributed by atoms with Gasteiger partial charge in [0.25, 0.3) is 0 Å². The zero-order chi connectivity index (χ0) is 12.3. The Hall–Kier alpha value is -0.423. The fourth-order valence-corrected chi connectivity index (χ4v) is 2.44. The molecule has 0 aromatic heterocycles. The molecule has 0 spiro atoms. The maximum absolute atomic E-state index is 10.4. The van der Waals surface area contributed by atoms with Crippen molar-refractivity contribution in [2.45, 2.75) is 58.4 Å². The Morgan fingerprint density at radius 2 is 1.87 bits per heavy atom. The van der Waals surface area contributed by atoms with Gasteiger partial charge in [0, 0.05) is 4.92 Å². The van der Waals surface area contributed by atoms with Crippen LogP contribution in [0.25, 0.3) is 0 Å². The number of hydrogen-bond acceptors (Lipinski definition) is 3. The topological polar surface area (TPSA) is 52.4 Å². The molecule has 0 amide bonds. The molecular weight excluding hydrogens is 210 g/mol. The van der Waals surface area contributed by atoms with Gasteiger partial charge >= 0.3 is 0 Å². The molecule has 0 heterocycles. The Labute approximate surface area is 93.3 Å². The minimum absolute atomic E-state index is 0.0803. The average molecular weight is 233 g/mol. The van der Waals surface area contributed by atoms with Crippen molar-refractivity contribution < 1.29 is 9.35 Å². The van der Waals surface area contributed by atoms with Crippen molar-refractivity contribution in [3.63, 3.8) is 0 Å². The van der Waals surface area contributed by atoms with E-state index >= 15 is 0 Å². The van der Waals surface area contributed by atoms with Gasteiger partial charge in [-0.1, -0.05) is 27.7 Å². The SMILES string of the molecule is CCC(C[N+](=O)[O-])O[Si](C)(C)C(C)(C)C. The summed E-state index contributed by atoms with van der Waals surface area (Å²) in [7, 11) is -1.86. The van der Waals surface area contributed by atoms with Crippen LogP contribution in [0, 0.1) is 10.1 Å². The van der Waals surface area contributed by atoms with Crippen molar-refractivity contribution in [1.82, 2.24) is 0 Å². The van der Waals surface area contributed by atoms with E-state index in [1.165, 1.54) is 0 Å². The van der Waals surface area contributed by atoms with Crippen LogP contribution >= 0.6 is 0 Å². The van der Waals surface area contributed by atoms with E-state index in [-0.39, 0.29) is 22.6 Å². The maximum atomic E-state index is 10.4.